The second kappa shape index (κ2) is 6.36. The summed E-state index contributed by atoms with van der Waals surface area (Å²) in [4.78, 5) is 14.5. The Morgan fingerprint density at radius 2 is 2.10 bits per heavy atom. The van der Waals surface area contributed by atoms with Crippen molar-refractivity contribution >= 4 is 27.5 Å². The summed E-state index contributed by atoms with van der Waals surface area (Å²) in [5.41, 5.74) is 6.97. The fourth-order valence-corrected chi connectivity index (χ4v) is 3.02. The monoisotopic (exact) mass is 353 g/mol. The minimum absolute atomic E-state index is 0.0542. The predicted molar refractivity (Wildman–Crippen MR) is 90.3 cm³/mol. The largest absolute Gasteiger partial charge is 0.368 e. The standard InChI is InChI=1S/C16H24BrN3O/c1-16(2,3)14(18)15(21)19-11-8-9-20(10-11)13-7-5-4-6-12(13)17/h4-7,11,14H,8-10,18H2,1-3H3,(H,19,21)/t11?,14-/m1/s1. The molecule has 1 fully saturated rings. The number of benzene rings is 1. The summed E-state index contributed by atoms with van der Waals surface area (Å²) < 4.78 is 1.09. The van der Waals surface area contributed by atoms with Gasteiger partial charge < -0.3 is 16.0 Å². The molecule has 0 aliphatic carbocycles. The van der Waals surface area contributed by atoms with E-state index in [2.05, 4.69) is 32.2 Å². The fraction of sp³-hybridized carbons (Fsp3) is 0.562. The molecule has 1 aromatic carbocycles. The number of hydrogen-bond acceptors (Lipinski definition) is 3. The van der Waals surface area contributed by atoms with Crippen molar-refractivity contribution in [2.24, 2.45) is 11.1 Å². The first-order valence-corrected chi connectivity index (χ1v) is 8.14. The van der Waals surface area contributed by atoms with Gasteiger partial charge in [-0.15, -0.1) is 0 Å². The van der Waals surface area contributed by atoms with E-state index in [0.29, 0.717) is 0 Å². The van der Waals surface area contributed by atoms with E-state index in [0.717, 1.165) is 24.0 Å². The zero-order valence-corrected chi connectivity index (χ0v) is 14.5. The van der Waals surface area contributed by atoms with Gasteiger partial charge in [-0.05, 0) is 39.9 Å². The maximum Gasteiger partial charge on any atom is 0.237 e. The zero-order chi connectivity index (χ0) is 15.6. The quantitative estimate of drug-likeness (QED) is 0.877. The Bertz CT molecular complexity index is 512. The molecule has 1 amide bonds. The number of nitrogens with one attached hydrogen (secondary N) is 1. The average Bonchev–Trinajstić information content (AvgIpc) is 2.85. The van der Waals surface area contributed by atoms with Crippen molar-refractivity contribution in [1.82, 2.24) is 5.32 Å². The van der Waals surface area contributed by atoms with E-state index in [1.54, 1.807) is 0 Å². The molecule has 0 bridgehead atoms. The molecule has 0 aromatic heterocycles. The molecule has 5 heteroatoms. The summed E-state index contributed by atoms with van der Waals surface area (Å²) in [5.74, 6) is -0.0542. The second-order valence-corrected chi connectivity index (χ2v) is 7.59. The Balaban J connectivity index is 1.95. The van der Waals surface area contributed by atoms with E-state index < -0.39 is 6.04 Å². The van der Waals surface area contributed by atoms with Gasteiger partial charge in [0.1, 0.15) is 0 Å². The number of carbonyl (C=O) groups excluding carboxylic acids is 1. The van der Waals surface area contributed by atoms with Crippen LogP contribution in [0.15, 0.2) is 28.7 Å². The predicted octanol–water partition coefficient (Wildman–Crippen LogP) is 2.52. The Hall–Kier alpha value is -1.07. The Kier molecular flexibility index (Phi) is 4.94. The van der Waals surface area contributed by atoms with Crippen LogP contribution in [0, 0.1) is 5.41 Å². The highest BCUT2D eigenvalue weighted by Crippen LogP contribution is 2.28. The molecule has 4 nitrogen and oxygen atoms in total. The van der Waals surface area contributed by atoms with Crippen LogP contribution >= 0.6 is 15.9 Å². The summed E-state index contributed by atoms with van der Waals surface area (Å²) >= 11 is 3.58. The van der Waals surface area contributed by atoms with Gasteiger partial charge in [-0.3, -0.25) is 4.79 Å². The first-order chi connectivity index (χ1) is 9.79. The highest BCUT2D eigenvalue weighted by Gasteiger charge is 2.31. The van der Waals surface area contributed by atoms with Crippen molar-refractivity contribution in [2.75, 3.05) is 18.0 Å². The molecule has 2 atom stereocenters. The second-order valence-electron chi connectivity index (χ2n) is 6.74. The molecule has 0 radical (unpaired) electrons. The third-order valence-electron chi connectivity index (χ3n) is 3.94. The molecule has 1 aliphatic heterocycles. The van der Waals surface area contributed by atoms with E-state index in [-0.39, 0.29) is 17.4 Å². The normalized spacial score (nSPS) is 20.4. The summed E-state index contributed by atoms with van der Waals surface area (Å²) in [6, 6.07) is 7.85. The lowest BCUT2D eigenvalue weighted by Gasteiger charge is -2.27. The first-order valence-electron chi connectivity index (χ1n) is 7.34. The average molecular weight is 354 g/mol. The minimum atomic E-state index is -0.477. The van der Waals surface area contributed by atoms with Crippen molar-refractivity contribution in [3.63, 3.8) is 0 Å². The molecular weight excluding hydrogens is 330 g/mol. The van der Waals surface area contributed by atoms with Crippen LogP contribution in [0.3, 0.4) is 0 Å². The number of nitrogens with zero attached hydrogens (tertiary/aromatic N) is 1. The molecular formula is C16H24BrN3O. The smallest absolute Gasteiger partial charge is 0.237 e. The van der Waals surface area contributed by atoms with E-state index in [1.165, 1.54) is 5.69 Å². The molecule has 2 rings (SSSR count). The van der Waals surface area contributed by atoms with Gasteiger partial charge in [0.25, 0.3) is 0 Å². The molecule has 3 N–H and O–H groups in total. The lowest BCUT2D eigenvalue weighted by molar-refractivity contribution is -0.125. The molecule has 1 unspecified atom stereocenters. The number of hydrogen-bond donors (Lipinski definition) is 2. The topological polar surface area (TPSA) is 58.4 Å². The number of anilines is 1. The first kappa shape index (κ1) is 16.3. The summed E-state index contributed by atoms with van der Waals surface area (Å²) in [6.07, 6.45) is 0.948. The number of nitrogens with two attached hydrogens (primary N) is 1. The number of rotatable bonds is 3. The van der Waals surface area contributed by atoms with Crippen LogP contribution in [0.2, 0.25) is 0 Å². The van der Waals surface area contributed by atoms with Crippen LogP contribution in [0.1, 0.15) is 27.2 Å². The van der Waals surface area contributed by atoms with Crippen LogP contribution in [-0.4, -0.2) is 31.1 Å². The summed E-state index contributed by atoms with van der Waals surface area (Å²) in [7, 11) is 0. The van der Waals surface area contributed by atoms with Gasteiger partial charge in [-0.2, -0.15) is 0 Å². The van der Waals surface area contributed by atoms with Gasteiger partial charge in [0, 0.05) is 23.6 Å². The third-order valence-corrected chi connectivity index (χ3v) is 4.61. The Morgan fingerprint density at radius 1 is 1.43 bits per heavy atom. The van der Waals surface area contributed by atoms with Gasteiger partial charge in [0.05, 0.1) is 11.7 Å². The SMILES string of the molecule is CC(C)(C)[C@H](N)C(=O)NC1CCN(c2ccccc2Br)C1. The van der Waals surface area contributed by atoms with Crippen molar-refractivity contribution in [3.8, 4) is 0 Å². The van der Waals surface area contributed by atoms with Gasteiger partial charge in [-0.25, -0.2) is 0 Å². The molecule has 1 heterocycles. The maximum atomic E-state index is 12.2. The van der Waals surface area contributed by atoms with Crippen molar-refractivity contribution in [2.45, 2.75) is 39.3 Å². The Labute approximate surface area is 135 Å². The van der Waals surface area contributed by atoms with Crippen LogP contribution in [0.5, 0.6) is 0 Å². The van der Waals surface area contributed by atoms with Gasteiger partial charge >= 0.3 is 0 Å². The number of amides is 1. The van der Waals surface area contributed by atoms with Crippen LogP contribution in [0.25, 0.3) is 0 Å². The number of para-hydroxylation sites is 1. The van der Waals surface area contributed by atoms with Crippen LogP contribution in [-0.2, 0) is 4.79 Å². The number of carbonyl (C=O) groups is 1. The minimum Gasteiger partial charge on any atom is -0.368 e. The van der Waals surface area contributed by atoms with Gasteiger partial charge in [0.2, 0.25) is 5.91 Å². The van der Waals surface area contributed by atoms with Crippen molar-refractivity contribution in [1.29, 1.82) is 0 Å². The zero-order valence-electron chi connectivity index (χ0n) is 12.9. The summed E-state index contributed by atoms with van der Waals surface area (Å²) in [5, 5.41) is 3.08. The van der Waals surface area contributed by atoms with Crippen LogP contribution < -0.4 is 16.0 Å². The molecule has 1 aromatic rings. The van der Waals surface area contributed by atoms with Crippen LogP contribution in [0.4, 0.5) is 5.69 Å². The lowest BCUT2D eigenvalue weighted by atomic mass is 9.87. The van der Waals surface area contributed by atoms with E-state index >= 15 is 0 Å². The lowest BCUT2D eigenvalue weighted by Crippen LogP contribution is -2.51. The molecule has 0 spiro atoms. The summed E-state index contributed by atoms with van der Waals surface area (Å²) in [6.45, 7) is 7.72. The van der Waals surface area contributed by atoms with E-state index in [1.807, 2.05) is 39.0 Å². The third kappa shape index (κ3) is 3.98. The van der Waals surface area contributed by atoms with Crippen molar-refractivity contribution < 1.29 is 4.79 Å². The molecule has 21 heavy (non-hydrogen) atoms. The molecule has 0 saturated carbocycles. The molecule has 1 aliphatic rings. The molecule has 1 saturated heterocycles. The van der Waals surface area contributed by atoms with Crippen molar-refractivity contribution in [3.05, 3.63) is 28.7 Å². The highest BCUT2D eigenvalue weighted by molar-refractivity contribution is 9.10. The molecule has 116 valence electrons. The van der Waals surface area contributed by atoms with Gasteiger partial charge in [-0.1, -0.05) is 32.9 Å². The number of halogens is 1. The van der Waals surface area contributed by atoms with E-state index in [9.17, 15) is 4.79 Å². The van der Waals surface area contributed by atoms with Gasteiger partial charge in [0.15, 0.2) is 0 Å². The van der Waals surface area contributed by atoms with E-state index in [4.69, 9.17) is 5.73 Å². The maximum absolute atomic E-state index is 12.2. The highest BCUT2D eigenvalue weighted by atomic mass is 79.9. The Morgan fingerprint density at radius 3 is 2.71 bits per heavy atom. The fourth-order valence-electron chi connectivity index (χ4n) is 2.49.